The van der Waals surface area contributed by atoms with Crippen molar-refractivity contribution in [2.45, 2.75) is 0 Å². The van der Waals surface area contributed by atoms with E-state index in [1.165, 1.54) is 28.8 Å². The molecule has 3 heteroatoms. The van der Waals surface area contributed by atoms with Crippen LogP contribution in [0.25, 0.3) is 15.2 Å². The van der Waals surface area contributed by atoms with Gasteiger partial charge in [-0.15, -0.1) is 0 Å². The van der Waals surface area contributed by atoms with Crippen molar-refractivity contribution >= 4 is 57.3 Å². The van der Waals surface area contributed by atoms with Crippen molar-refractivity contribution in [2.75, 3.05) is 6.61 Å². The monoisotopic (exact) mass is 464 g/mol. The fourth-order valence-electron chi connectivity index (χ4n) is 2.64. The van der Waals surface area contributed by atoms with Crippen LogP contribution < -0.4 is 9.20 Å². The van der Waals surface area contributed by atoms with Crippen molar-refractivity contribution in [3.05, 3.63) is 75.9 Å². The number of benzene rings is 3. The van der Waals surface area contributed by atoms with Crippen molar-refractivity contribution in [3.8, 4) is 5.75 Å². The molecule has 0 aromatic heterocycles. The minimum atomic E-state index is 0.304. The van der Waals surface area contributed by atoms with E-state index in [0.29, 0.717) is 21.6 Å². The summed E-state index contributed by atoms with van der Waals surface area (Å²) in [7, 11) is 0. The zero-order valence-corrected chi connectivity index (χ0v) is 15.6. The Morgan fingerprint density at radius 2 is 1.64 bits per heavy atom. The topological polar surface area (TPSA) is 9.23 Å². The standard InChI is InChI=1S/C19H13IOSe/c20-17-12-21-18-15-9-5-4-6-13(15)10-11-16(18)19(17)22-14-7-2-1-3-8-14/h1-11H,12H2. The molecule has 0 unspecified atom stereocenters. The van der Waals surface area contributed by atoms with E-state index in [2.05, 4.69) is 89.3 Å². The summed E-state index contributed by atoms with van der Waals surface area (Å²) in [5, 5.41) is 2.45. The third-order valence-corrected chi connectivity index (χ3v) is 7.82. The number of halogens is 1. The van der Waals surface area contributed by atoms with E-state index < -0.39 is 0 Å². The number of hydrogen-bond acceptors (Lipinski definition) is 1. The van der Waals surface area contributed by atoms with E-state index in [9.17, 15) is 0 Å². The summed E-state index contributed by atoms with van der Waals surface area (Å²) in [4.78, 5) is 0. The summed E-state index contributed by atoms with van der Waals surface area (Å²) in [6.45, 7) is 0.686. The fraction of sp³-hybridized carbons (Fsp3) is 0.0526. The quantitative estimate of drug-likeness (QED) is 0.406. The molecule has 1 heterocycles. The van der Waals surface area contributed by atoms with Gasteiger partial charge in [0.1, 0.15) is 0 Å². The van der Waals surface area contributed by atoms with Crippen LogP contribution in [0.5, 0.6) is 5.75 Å². The van der Waals surface area contributed by atoms with Crippen LogP contribution in [0.4, 0.5) is 0 Å². The van der Waals surface area contributed by atoms with Crippen LogP contribution in [0, 0.1) is 0 Å². The van der Waals surface area contributed by atoms with Crippen molar-refractivity contribution in [1.29, 1.82) is 0 Å². The molecule has 0 fully saturated rings. The average Bonchev–Trinajstić information content (AvgIpc) is 2.58. The Morgan fingerprint density at radius 3 is 2.50 bits per heavy atom. The predicted octanol–water partition coefficient (Wildman–Crippen LogP) is 4.37. The SMILES string of the molecule is IC1=C([Se]c2ccccc2)c2ccc3ccccc3c2OC1. The van der Waals surface area contributed by atoms with Gasteiger partial charge in [0, 0.05) is 0 Å². The Balaban J connectivity index is 1.85. The summed E-state index contributed by atoms with van der Waals surface area (Å²) >= 11 is 2.74. The molecule has 0 spiro atoms. The molecule has 4 rings (SSSR count). The van der Waals surface area contributed by atoms with Gasteiger partial charge in [0.05, 0.1) is 0 Å². The molecule has 0 saturated heterocycles. The minimum absolute atomic E-state index is 0.304. The molecule has 0 N–H and O–H groups in total. The summed E-state index contributed by atoms with van der Waals surface area (Å²) in [5.41, 5.74) is 1.26. The molecule has 108 valence electrons. The fourth-order valence-corrected chi connectivity index (χ4v) is 5.69. The van der Waals surface area contributed by atoms with Crippen LogP contribution in [0.3, 0.4) is 0 Å². The van der Waals surface area contributed by atoms with Gasteiger partial charge < -0.3 is 0 Å². The van der Waals surface area contributed by atoms with Crippen LogP contribution in [-0.4, -0.2) is 21.6 Å². The molecule has 0 saturated carbocycles. The second-order valence-corrected chi connectivity index (χ2v) is 8.68. The van der Waals surface area contributed by atoms with E-state index >= 15 is 0 Å². The average molecular weight is 463 g/mol. The normalized spacial score (nSPS) is 13.9. The van der Waals surface area contributed by atoms with E-state index in [1.807, 2.05) is 0 Å². The molecule has 1 aliphatic heterocycles. The molecular weight excluding hydrogens is 450 g/mol. The van der Waals surface area contributed by atoms with Gasteiger partial charge in [0.15, 0.2) is 0 Å². The summed E-state index contributed by atoms with van der Waals surface area (Å²) in [6, 6.07) is 23.6. The molecular formula is C19H13IOSe. The maximum absolute atomic E-state index is 6.06. The predicted molar refractivity (Wildman–Crippen MR) is 102 cm³/mol. The number of rotatable bonds is 2. The number of ether oxygens (including phenoxy) is 1. The van der Waals surface area contributed by atoms with E-state index in [-0.39, 0.29) is 0 Å². The summed E-state index contributed by atoms with van der Waals surface area (Å²) in [6.07, 6.45) is 0. The zero-order chi connectivity index (χ0) is 14.9. The first-order chi connectivity index (χ1) is 10.8. The molecule has 0 radical (unpaired) electrons. The van der Waals surface area contributed by atoms with Gasteiger partial charge in [-0.2, -0.15) is 0 Å². The Kier molecular flexibility index (Phi) is 3.95. The van der Waals surface area contributed by atoms with E-state index in [0.717, 1.165) is 5.75 Å². The summed E-state index contributed by atoms with van der Waals surface area (Å²) < 4.78 is 10.2. The first-order valence-electron chi connectivity index (χ1n) is 7.09. The molecule has 0 aliphatic carbocycles. The first kappa shape index (κ1) is 14.3. The summed E-state index contributed by atoms with van der Waals surface area (Å²) in [5.74, 6) is 1.05. The molecule has 0 atom stereocenters. The zero-order valence-electron chi connectivity index (χ0n) is 11.8. The Bertz CT molecular complexity index is 871. The molecule has 0 bridgehead atoms. The van der Waals surface area contributed by atoms with Crippen molar-refractivity contribution in [2.24, 2.45) is 0 Å². The van der Waals surface area contributed by atoms with Crippen molar-refractivity contribution in [1.82, 2.24) is 0 Å². The van der Waals surface area contributed by atoms with Crippen LogP contribution in [0.1, 0.15) is 5.56 Å². The van der Waals surface area contributed by atoms with Crippen LogP contribution in [-0.2, 0) is 0 Å². The van der Waals surface area contributed by atoms with E-state index in [4.69, 9.17) is 4.74 Å². The van der Waals surface area contributed by atoms with Crippen LogP contribution in [0.15, 0.2) is 70.3 Å². The maximum atomic E-state index is 6.06. The van der Waals surface area contributed by atoms with Gasteiger partial charge in [-0.3, -0.25) is 0 Å². The Labute approximate surface area is 149 Å². The van der Waals surface area contributed by atoms with Gasteiger partial charge in [-0.1, -0.05) is 0 Å². The molecule has 1 nitrogen and oxygen atoms in total. The first-order valence-corrected chi connectivity index (χ1v) is 9.88. The van der Waals surface area contributed by atoms with Crippen LogP contribution in [0.2, 0.25) is 0 Å². The van der Waals surface area contributed by atoms with E-state index in [1.54, 1.807) is 0 Å². The Morgan fingerprint density at radius 1 is 0.864 bits per heavy atom. The van der Waals surface area contributed by atoms with Crippen molar-refractivity contribution in [3.63, 3.8) is 0 Å². The second kappa shape index (κ2) is 6.07. The third-order valence-electron chi connectivity index (χ3n) is 3.68. The molecule has 22 heavy (non-hydrogen) atoms. The molecule has 1 aliphatic rings. The van der Waals surface area contributed by atoms with Gasteiger partial charge in [0.25, 0.3) is 0 Å². The van der Waals surface area contributed by atoms with Crippen LogP contribution >= 0.6 is 22.6 Å². The van der Waals surface area contributed by atoms with Crippen molar-refractivity contribution < 1.29 is 4.74 Å². The Hall–Kier alpha value is -1.29. The van der Waals surface area contributed by atoms with Gasteiger partial charge in [0.2, 0.25) is 0 Å². The molecule has 0 amide bonds. The molecule has 3 aromatic rings. The third kappa shape index (κ3) is 2.58. The molecule has 3 aromatic carbocycles. The van der Waals surface area contributed by atoms with Gasteiger partial charge in [-0.25, -0.2) is 0 Å². The second-order valence-electron chi connectivity index (χ2n) is 5.10. The number of hydrogen-bond donors (Lipinski definition) is 0. The number of fused-ring (bicyclic) bond motifs is 3. The van der Waals surface area contributed by atoms with Gasteiger partial charge >= 0.3 is 150 Å². The van der Waals surface area contributed by atoms with Gasteiger partial charge in [-0.05, 0) is 0 Å².